The van der Waals surface area contributed by atoms with E-state index in [2.05, 4.69) is 5.32 Å². The lowest BCUT2D eigenvalue weighted by atomic mass is 10.1. The monoisotopic (exact) mass is 489 g/mol. The Morgan fingerprint density at radius 2 is 1.65 bits per heavy atom. The summed E-state index contributed by atoms with van der Waals surface area (Å²) >= 11 is 0. The van der Waals surface area contributed by atoms with E-state index in [-0.39, 0.29) is 18.5 Å². The minimum absolute atomic E-state index is 0.0344. The number of benzene rings is 2. The highest BCUT2D eigenvalue weighted by Gasteiger charge is 2.30. The van der Waals surface area contributed by atoms with Crippen molar-refractivity contribution in [2.75, 3.05) is 30.8 Å². The number of sulfonamides is 1. The maximum absolute atomic E-state index is 13.4. The fraction of sp³-hybridized carbons (Fsp3) is 0.440. The van der Waals surface area contributed by atoms with Crippen molar-refractivity contribution in [2.45, 2.75) is 45.7 Å². The van der Waals surface area contributed by atoms with Crippen LogP contribution in [-0.2, 0) is 26.0 Å². The number of nitrogens with zero attached hydrogens (tertiary/aromatic N) is 2. The minimum atomic E-state index is -3.76. The third-order valence-electron chi connectivity index (χ3n) is 5.69. The van der Waals surface area contributed by atoms with Crippen LogP contribution in [-0.4, -0.2) is 63.7 Å². The van der Waals surface area contributed by atoms with E-state index in [1.165, 1.54) is 12.0 Å². The number of nitrogens with one attached hydrogen (secondary N) is 1. The lowest BCUT2D eigenvalue weighted by Crippen LogP contribution is -2.53. The number of hydrogen-bond acceptors (Lipinski definition) is 5. The van der Waals surface area contributed by atoms with E-state index in [1.807, 2.05) is 44.2 Å². The van der Waals surface area contributed by atoms with Crippen molar-refractivity contribution in [3.05, 3.63) is 60.2 Å². The van der Waals surface area contributed by atoms with Gasteiger partial charge in [0.1, 0.15) is 18.3 Å². The van der Waals surface area contributed by atoms with Gasteiger partial charge in [0.2, 0.25) is 21.8 Å². The predicted molar refractivity (Wildman–Crippen MR) is 134 cm³/mol. The van der Waals surface area contributed by atoms with Crippen LogP contribution in [0.3, 0.4) is 0 Å². The number of carbonyl (C=O) groups is 2. The first-order valence-corrected chi connectivity index (χ1v) is 13.2. The molecule has 2 atom stereocenters. The Labute approximate surface area is 202 Å². The lowest BCUT2D eigenvalue weighted by molar-refractivity contribution is -0.139. The van der Waals surface area contributed by atoms with Gasteiger partial charge in [-0.05, 0) is 56.5 Å². The van der Waals surface area contributed by atoms with E-state index in [1.54, 1.807) is 31.2 Å². The van der Waals surface area contributed by atoms with E-state index < -0.39 is 28.5 Å². The molecule has 9 heteroatoms. The summed E-state index contributed by atoms with van der Waals surface area (Å²) in [5.41, 5.74) is 1.36. The van der Waals surface area contributed by atoms with Gasteiger partial charge >= 0.3 is 0 Å². The van der Waals surface area contributed by atoms with Gasteiger partial charge < -0.3 is 15.0 Å². The summed E-state index contributed by atoms with van der Waals surface area (Å²) in [6, 6.07) is 15.3. The molecule has 34 heavy (non-hydrogen) atoms. The maximum Gasteiger partial charge on any atom is 0.244 e. The molecule has 0 saturated heterocycles. The zero-order chi connectivity index (χ0) is 25.3. The van der Waals surface area contributed by atoms with Crippen molar-refractivity contribution in [3.8, 4) is 5.75 Å². The van der Waals surface area contributed by atoms with Gasteiger partial charge in [-0.15, -0.1) is 0 Å². The van der Waals surface area contributed by atoms with Crippen molar-refractivity contribution in [3.63, 3.8) is 0 Å². The average molecular weight is 490 g/mol. The number of carbonyl (C=O) groups excluding carboxylic acids is 2. The molecule has 0 aliphatic carbocycles. The zero-order valence-corrected chi connectivity index (χ0v) is 21.3. The molecule has 0 bridgehead atoms. The molecule has 1 N–H and O–H groups in total. The highest BCUT2D eigenvalue weighted by molar-refractivity contribution is 7.92. The summed E-state index contributed by atoms with van der Waals surface area (Å²) in [5.74, 6) is -0.154. The Morgan fingerprint density at radius 1 is 1.03 bits per heavy atom. The summed E-state index contributed by atoms with van der Waals surface area (Å²) in [6.45, 7) is 5.39. The molecule has 0 spiro atoms. The van der Waals surface area contributed by atoms with Crippen LogP contribution in [0.15, 0.2) is 54.6 Å². The third kappa shape index (κ3) is 7.76. The summed E-state index contributed by atoms with van der Waals surface area (Å²) < 4.78 is 31.3. The molecule has 0 fully saturated rings. The summed E-state index contributed by atoms with van der Waals surface area (Å²) in [4.78, 5) is 27.7. The summed E-state index contributed by atoms with van der Waals surface area (Å²) in [7, 11) is -2.24. The van der Waals surface area contributed by atoms with Crippen molar-refractivity contribution in [1.29, 1.82) is 0 Å². The number of anilines is 1. The van der Waals surface area contributed by atoms with Crippen LogP contribution >= 0.6 is 0 Å². The molecule has 0 aliphatic rings. The van der Waals surface area contributed by atoms with Crippen LogP contribution in [0.5, 0.6) is 5.75 Å². The highest BCUT2D eigenvalue weighted by Crippen LogP contribution is 2.22. The second kappa shape index (κ2) is 12.4. The van der Waals surface area contributed by atoms with E-state index in [0.29, 0.717) is 17.9 Å². The molecule has 2 aromatic carbocycles. The van der Waals surface area contributed by atoms with Crippen molar-refractivity contribution < 1.29 is 22.7 Å². The highest BCUT2D eigenvalue weighted by atomic mass is 32.2. The minimum Gasteiger partial charge on any atom is -0.497 e. The van der Waals surface area contributed by atoms with Crippen LogP contribution in [0.1, 0.15) is 32.8 Å². The van der Waals surface area contributed by atoms with E-state index in [0.717, 1.165) is 22.5 Å². The van der Waals surface area contributed by atoms with Crippen LogP contribution in [0, 0.1) is 0 Å². The van der Waals surface area contributed by atoms with Crippen LogP contribution in [0.25, 0.3) is 0 Å². The Kier molecular flexibility index (Phi) is 9.92. The Morgan fingerprint density at radius 3 is 2.18 bits per heavy atom. The van der Waals surface area contributed by atoms with Gasteiger partial charge in [-0.25, -0.2) is 8.42 Å². The largest absolute Gasteiger partial charge is 0.497 e. The molecule has 186 valence electrons. The van der Waals surface area contributed by atoms with Crippen LogP contribution in [0.2, 0.25) is 0 Å². The average Bonchev–Trinajstić information content (AvgIpc) is 2.82. The first kappa shape index (κ1) is 27.2. The number of methoxy groups -OCH3 is 1. The van der Waals surface area contributed by atoms with E-state index in [4.69, 9.17) is 4.74 Å². The van der Waals surface area contributed by atoms with Gasteiger partial charge in [0.25, 0.3) is 0 Å². The Hall–Kier alpha value is -3.07. The van der Waals surface area contributed by atoms with Crippen molar-refractivity contribution >= 4 is 27.5 Å². The lowest BCUT2D eigenvalue weighted by Gasteiger charge is -2.32. The molecule has 2 aromatic rings. The number of hydrogen-bond donors (Lipinski definition) is 1. The quantitative estimate of drug-likeness (QED) is 0.495. The van der Waals surface area contributed by atoms with Crippen molar-refractivity contribution in [2.24, 2.45) is 0 Å². The maximum atomic E-state index is 13.4. The SMILES string of the molecule is CC[C@H](C)NC(=O)[C@@H](C)N(CCc1ccccc1)C(=O)CN(c1ccc(OC)cc1)S(C)(=O)=O. The molecule has 0 saturated carbocycles. The normalized spacial score (nSPS) is 13.0. The second-order valence-corrected chi connectivity index (χ2v) is 10.2. The van der Waals surface area contributed by atoms with Gasteiger partial charge in [0.15, 0.2) is 0 Å². The first-order valence-electron chi connectivity index (χ1n) is 11.3. The molecule has 8 nitrogen and oxygen atoms in total. The molecule has 2 rings (SSSR count). The van der Waals surface area contributed by atoms with E-state index in [9.17, 15) is 18.0 Å². The molecule has 0 radical (unpaired) electrons. The molecular formula is C25H35N3O5S. The summed E-state index contributed by atoms with van der Waals surface area (Å²) in [5, 5.41) is 2.91. The smallest absolute Gasteiger partial charge is 0.244 e. The molecule has 0 unspecified atom stereocenters. The molecular weight excluding hydrogens is 454 g/mol. The third-order valence-corrected chi connectivity index (χ3v) is 6.83. The van der Waals surface area contributed by atoms with E-state index >= 15 is 0 Å². The fourth-order valence-electron chi connectivity index (χ4n) is 3.40. The van der Waals surface area contributed by atoms with Crippen LogP contribution in [0.4, 0.5) is 5.69 Å². The Balaban J connectivity index is 2.29. The Bertz CT molecular complexity index is 1040. The van der Waals surface area contributed by atoms with Crippen LogP contribution < -0.4 is 14.4 Å². The molecule has 0 aromatic heterocycles. The summed E-state index contributed by atoms with van der Waals surface area (Å²) in [6.07, 6.45) is 2.35. The van der Waals surface area contributed by atoms with Gasteiger partial charge in [0, 0.05) is 12.6 Å². The van der Waals surface area contributed by atoms with Gasteiger partial charge in [-0.2, -0.15) is 0 Å². The zero-order valence-electron chi connectivity index (χ0n) is 20.5. The number of amides is 2. The number of rotatable bonds is 12. The number of ether oxygens (including phenoxy) is 1. The molecule has 0 aliphatic heterocycles. The predicted octanol–water partition coefficient (Wildman–Crippen LogP) is 2.84. The van der Waals surface area contributed by atoms with Gasteiger partial charge in [0.05, 0.1) is 19.1 Å². The van der Waals surface area contributed by atoms with Gasteiger partial charge in [-0.3, -0.25) is 13.9 Å². The second-order valence-electron chi connectivity index (χ2n) is 8.28. The topological polar surface area (TPSA) is 96.0 Å². The van der Waals surface area contributed by atoms with Crippen molar-refractivity contribution in [1.82, 2.24) is 10.2 Å². The molecule has 0 heterocycles. The van der Waals surface area contributed by atoms with Gasteiger partial charge in [-0.1, -0.05) is 37.3 Å². The fourth-order valence-corrected chi connectivity index (χ4v) is 4.25. The standard InChI is InChI=1S/C25H35N3O5S/c1-6-19(2)26-25(30)20(3)27(17-16-21-10-8-7-9-11-21)24(29)18-28(34(5,31)32)22-12-14-23(33-4)15-13-22/h7-15,19-20H,6,16-18H2,1-5H3,(H,26,30)/t19-,20+/m0/s1. The molecule has 2 amide bonds. The first-order chi connectivity index (χ1) is 16.1.